The fourth-order valence-corrected chi connectivity index (χ4v) is 2.74. The second kappa shape index (κ2) is 3.65. The Labute approximate surface area is 102 Å². The molecule has 2 nitrogen and oxygen atoms in total. The lowest BCUT2D eigenvalue weighted by molar-refractivity contribution is 0.310. The van der Waals surface area contributed by atoms with Crippen molar-refractivity contribution in [2.45, 2.75) is 24.9 Å². The Morgan fingerprint density at radius 2 is 2.20 bits per heavy atom. The van der Waals surface area contributed by atoms with E-state index in [1.165, 1.54) is 18.4 Å². The van der Waals surface area contributed by atoms with Gasteiger partial charge in [0.15, 0.2) is 0 Å². The molecule has 0 spiro atoms. The summed E-state index contributed by atoms with van der Waals surface area (Å²) in [5.41, 5.74) is 1.18. The number of nitrogens with one attached hydrogen (secondary N) is 1. The highest BCUT2D eigenvalue weighted by Crippen LogP contribution is 2.43. The maximum Gasteiger partial charge on any atom is 0.144 e. The first kappa shape index (κ1) is 9.94. The first-order chi connectivity index (χ1) is 7.25. The van der Waals surface area contributed by atoms with E-state index in [1.807, 2.05) is 12.1 Å². The molecular weight excluding hydrogens is 277 g/mol. The summed E-state index contributed by atoms with van der Waals surface area (Å²) in [5, 5.41) is 4.27. The number of hydrogen-bond acceptors (Lipinski definition) is 2. The summed E-state index contributed by atoms with van der Waals surface area (Å²) in [7, 11) is 0. The van der Waals surface area contributed by atoms with Crippen LogP contribution in [0.2, 0.25) is 5.02 Å². The van der Waals surface area contributed by atoms with Crippen molar-refractivity contribution in [2.75, 3.05) is 6.61 Å². The van der Waals surface area contributed by atoms with E-state index in [-0.39, 0.29) is 0 Å². The monoisotopic (exact) mass is 287 g/mol. The lowest BCUT2D eigenvalue weighted by atomic mass is 10.1. The molecule has 3 rings (SSSR count). The molecular formula is C11H11BrClNO. The van der Waals surface area contributed by atoms with Crippen molar-refractivity contribution in [3.8, 4) is 5.75 Å². The van der Waals surface area contributed by atoms with E-state index in [9.17, 15) is 0 Å². The summed E-state index contributed by atoms with van der Waals surface area (Å²) in [6.45, 7) is 0.689. The molecule has 0 aromatic heterocycles. The van der Waals surface area contributed by atoms with Gasteiger partial charge in [0.2, 0.25) is 0 Å². The number of fused-ring (bicyclic) bond motifs is 1. The quantitative estimate of drug-likeness (QED) is 0.902. The van der Waals surface area contributed by atoms with Crippen LogP contribution in [-0.2, 0) is 0 Å². The Morgan fingerprint density at radius 3 is 2.93 bits per heavy atom. The van der Waals surface area contributed by atoms with E-state index in [2.05, 4.69) is 21.2 Å². The molecule has 1 saturated carbocycles. The molecule has 0 amide bonds. The van der Waals surface area contributed by atoms with Crippen molar-refractivity contribution in [1.29, 1.82) is 0 Å². The van der Waals surface area contributed by atoms with Crippen LogP contribution in [0, 0.1) is 0 Å². The normalized spacial score (nSPS) is 23.7. The summed E-state index contributed by atoms with van der Waals surface area (Å²) in [5.74, 6) is 0.837. The van der Waals surface area contributed by atoms with Crippen molar-refractivity contribution in [3.63, 3.8) is 0 Å². The minimum Gasteiger partial charge on any atom is -0.490 e. The zero-order valence-corrected chi connectivity index (χ0v) is 10.4. The van der Waals surface area contributed by atoms with Gasteiger partial charge in [0.05, 0.1) is 11.1 Å². The summed E-state index contributed by atoms with van der Waals surface area (Å²) in [6.07, 6.45) is 2.56. The van der Waals surface area contributed by atoms with Crippen LogP contribution >= 0.6 is 27.5 Å². The Morgan fingerprint density at radius 1 is 1.40 bits per heavy atom. The van der Waals surface area contributed by atoms with Crippen LogP contribution in [-0.4, -0.2) is 12.6 Å². The lowest BCUT2D eigenvalue weighted by Crippen LogP contribution is -2.24. The van der Waals surface area contributed by atoms with Crippen LogP contribution in [0.4, 0.5) is 0 Å². The fourth-order valence-electron chi connectivity index (χ4n) is 1.94. The average Bonchev–Trinajstić information content (AvgIpc) is 2.91. The third-order valence-corrected chi connectivity index (χ3v) is 3.84. The minimum atomic E-state index is 0.292. The molecule has 1 fully saturated rings. The Hall–Kier alpha value is -0.250. The molecule has 1 aromatic rings. The minimum absolute atomic E-state index is 0.292. The maximum absolute atomic E-state index is 6.09. The molecule has 2 aliphatic rings. The van der Waals surface area contributed by atoms with E-state index >= 15 is 0 Å². The highest BCUT2D eigenvalue weighted by atomic mass is 79.9. The summed E-state index contributed by atoms with van der Waals surface area (Å²) < 4.78 is 6.71. The molecule has 1 atom stereocenters. The van der Waals surface area contributed by atoms with Crippen molar-refractivity contribution in [3.05, 3.63) is 27.2 Å². The summed E-state index contributed by atoms with van der Waals surface area (Å²) in [6, 6.07) is 4.82. The van der Waals surface area contributed by atoms with Crippen molar-refractivity contribution in [1.82, 2.24) is 5.32 Å². The van der Waals surface area contributed by atoms with Crippen molar-refractivity contribution in [2.24, 2.45) is 0 Å². The van der Waals surface area contributed by atoms with Gasteiger partial charge < -0.3 is 10.1 Å². The van der Waals surface area contributed by atoms with Gasteiger partial charge in [-0.2, -0.15) is 0 Å². The molecule has 1 aromatic carbocycles. The number of hydrogen-bond donors (Lipinski definition) is 1. The Kier molecular flexibility index (Phi) is 2.42. The number of benzene rings is 1. The third kappa shape index (κ3) is 1.77. The Bertz CT molecular complexity index is 406. The Balaban J connectivity index is 1.96. The van der Waals surface area contributed by atoms with Gasteiger partial charge in [-0.1, -0.05) is 27.5 Å². The van der Waals surface area contributed by atoms with Crippen LogP contribution in [0.1, 0.15) is 24.4 Å². The molecule has 0 bridgehead atoms. The molecule has 1 aliphatic heterocycles. The van der Waals surface area contributed by atoms with Gasteiger partial charge in [0, 0.05) is 16.1 Å². The van der Waals surface area contributed by atoms with Gasteiger partial charge in [-0.3, -0.25) is 0 Å². The molecule has 1 heterocycles. The number of halogens is 2. The molecule has 80 valence electrons. The smallest absolute Gasteiger partial charge is 0.144 e. The largest absolute Gasteiger partial charge is 0.490 e. The second-order valence-electron chi connectivity index (χ2n) is 4.08. The third-order valence-electron chi connectivity index (χ3n) is 2.85. The van der Waals surface area contributed by atoms with Crippen LogP contribution in [0.5, 0.6) is 5.75 Å². The molecule has 0 saturated heterocycles. The number of ether oxygens (including phenoxy) is 1. The first-order valence-corrected chi connectivity index (χ1v) is 6.29. The summed E-state index contributed by atoms with van der Waals surface area (Å²) >= 11 is 9.64. The zero-order chi connectivity index (χ0) is 10.4. The predicted octanol–water partition coefficient (Wildman–Crippen LogP) is 3.29. The van der Waals surface area contributed by atoms with E-state index in [0.717, 1.165) is 10.2 Å². The van der Waals surface area contributed by atoms with Crippen molar-refractivity contribution >= 4 is 27.5 Å². The van der Waals surface area contributed by atoms with Crippen LogP contribution < -0.4 is 10.1 Å². The van der Waals surface area contributed by atoms with E-state index in [1.54, 1.807) is 0 Å². The van der Waals surface area contributed by atoms with Crippen LogP contribution in [0.25, 0.3) is 0 Å². The van der Waals surface area contributed by atoms with E-state index in [4.69, 9.17) is 16.3 Å². The van der Waals surface area contributed by atoms with E-state index in [0.29, 0.717) is 23.7 Å². The molecule has 4 heteroatoms. The van der Waals surface area contributed by atoms with Crippen LogP contribution in [0.3, 0.4) is 0 Å². The van der Waals surface area contributed by atoms with Crippen LogP contribution in [0.15, 0.2) is 16.6 Å². The fraction of sp³-hybridized carbons (Fsp3) is 0.455. The summed E-state index contributed by atoms with van der Waals surface area (Å²) in [4.78, 5) is 0. The zero-order valence-electron chi connectivity index (χ0n) is 8.09. The SMILES string of the molecule is Clc1ccc(Br)c2c1OCC2NC1CC1. The van der Waals surface area contributed by atoms with E-state index < -0.39 is 0 Å². The average molecular weight is 289 g/mol. The van der Waals surface area contributed by atoms with Crippen molar-refractivity contribution < 1.29 is 4.74 Å². The van der Waals surface area contributed by atoms with Gasteiger partial charge >= 0.3 is 0 Å². The van der Waals surface area contributed by atoms with Gasteiger partial charge in [-0.05, 0) is 25.0 Å². The molecule has 1 aliphatic carbocycles. The van der Waals surface area contributed by atoms with Gasteiger partial charge in [-0.25, -0.2) is 0 Å². The number of rotatable bonds is 2. The molecule has 15 heavy (non-hydrogen) atoms. The second-order valence-corrected chi connectivity index (χ2v) is 5.34. The van der Waals surface area contributed by atoms with Gasteiger partial charge in [-0.15, -0.1) is 0 Å². The lowest BCUT2D eigenvalue weighted by Gasteiger charge is -2.11. The molecule has 0 radical (unpaired) electrons. The van der Waals surface area contributed by atoms with Gasteiger partial charge in [0.25, 0.3) is 0 Å². The highest BCUT2D eigenvalue weighted by Gasteiger charge is 2.33. The maximum atomic E-state index is 6.09. The van der Waals surface area contributed by atoms with Gasteiger partial charge in [0.1, 0.15) is 12.4 Å². The standard InChI is InChI=1S/C11H11BrClNO/c12-7-3-4-8(13)11-10(7)9(5-15-11)14-6-1-2-6/h3-4,6,9,14H,1-2,5H2. The first-order valence-electron chi connectivity index (χ1n) is 5.12. The predicted molar refractivity (Wildman–Crippen MR) is 63.5 cm³/mol. The highest BCUT2D eigenvalue weighted by molar-refractivity contribution is 9.10. The molecule has 1 unspecified atom stereocenters. The molecule has 1 N–H and O–H groups in total. The topological polar surface area (TPSA) is 21.3 Å².